The Morgan fingerprint density at radius 2 is 2.30 bits per heavy atom. The van der Waals surface area contributed by atoms with E-state index in [4.69, 9.17) is 11.0 Å². The molecular weight excluding hydrogens is 254 g/mol. The quantitative estimate of drug-likeness (QED) is 0.876. The standard InChI is InChI=1S/C14H15N5O/c1-9-3-4-10(6-15)5-12(9)18-14(20)13(16)11-7-17-19(2)8-11/h3-5,7-8,13H,16H2,1-2H3,(H,18,20). The number of hydrogen-bond acceptors (Lipinski definition) is 4. The smallest absolute Gasteiger partial charge is 0.246 e. The van der Waals surface area contributed by atoms with Crippen molar-refractivity contribution >= 4 is 11.6 Å². The largest absolute Gasteiger partial charge is 0.324 e. The van der Waals surface area contributed by atoms with E-state index in [1.807, 2.05) is 13.0 Å². The highest BCUT2D eigenvalue weighted by Gasteiger charge is 2.18. The molecule has 0 aliphatic carbocycles. The van der Waals surface area contributed by atoms with Crippen LogP contribution in [0.1, 0.15) is 22.7 Å². The molecule has 6 heteroatoms. The van der Waals surface area contributed by atoms with E-state index in [1.54, 1.807) is 42.3 Å². The minimum atomic E-state index is -0.797. The van der Waals surface area contributed by atoms with Gasteiger partial charge in [0.2, 0.25) is 5.91 Å². The number of nitrogens with two attached hydrogens (primary N) is 1. The van der Waals surface area contributed by atoms with E-state index in [9.17, 15) is 4.79 Å². The Kier molecular flexibility index (Phi) is 3.82. The molecule has 1 unspecified atom stereocenters. The van der Waals surface area contributed by atoms with Crippen LogP contribution in [0.4, 0.5) is 5.69 Å². The van der Waals surface area contributed by atoms with Gasteiger partial charge < -0.3 is 11.1 Å². The lowest BCUT2D eigenvalue weighted by Crippen LogP contribution is -2.27. The molecule has 0 spiro atoms. The Balaban J connectivity index is 2.18. The van der Waals surface area contributed by atoms with Crippen molar-refractivity contribution in [1.82, 2.24) is 9.78 Å². The third-order valence-electron chi connectivity index (χ3n) is 2.99. The van der Waals surface area contributed by atoms with Crippen LogP contribution in [0.5, 0.6) is 0 Å². The number of nitrogens with zero attached hydrogens (tertiary/aromatic N) is 3. The maximum absolute atomic E-state index is 12.1. The predicted molar refractivity (Wildman–Crippen MR) is 74.7 cm³/mol. The number of aryl methyl sites for hydroxylation is 2. The fourth-order valence-corrected chi connectivity index (χ4v) is 1.79. The van der Waals surface area contributed by atoms with E-state index in [1.165, 1.54) is 0 Å². The SMILES string of the molecule is Cc1ccc(C#N)cc1NC(=O)C(N)c1cnn(C)c1. The summed E-state index contributed by atoms with van der Waals surface area (Å²) in [5.74, 6) is -0.337. The molecule has 1 amide bonds. The van der Waals surface area contributed by atoms with Crippen molar-refractivity contribution in [2.75, 3.05) is 5.32 Å². The van der Waals surface area contributed by atoms with Crippen molar-refractivity contribution in [2.24, 2.45) is 12.8 Å². The molecule has 1 aromatic carbocycles. The first-order valence-electron chi connectivity index (χ1n) is 6.07. The average Bonchev–Trinajstić information content (AvgIpc) is 2.87. The first-order chi connectivity index (χ1) is 9.51. The molecular formula is C14H15N5O. The minimum absolute atomic E-state index is 0.337. The summed E-state index contributed by atoms with van der Waals surface area (Å²) in [5.41, 5.74) is 8.48. The lowest BCUT2D eigenvalue weighted by molar-refractivity contribution is -0.117. The van der Waals surface area contributed by atoms with Crippen LogP contribution in [0.25, 0.3) is 0 Å². The number of anilines is 1. The monoisotopic (exact) mass is 269 g/mol. The van der Waals surface area contributed by atoms with Crippen molar-refractivity contribution in [3.05, 3.63) is 47.3 Å². The zero-order valence-corrected chi connectivity index (χ0v) is 11.3. The predicted octanol–water partition coefficient (Wildman–Crippen LogP) is 1.24. The first-order valence-corrected chi connectivity index (χ1v) is 6.07. The average molecular weight is 269 g/mol. The molecule has 2 aromatic rings. The number of nitrogens with one attached hydrogen (secondary N) is 1. The summed E-state index contributed by atoms with van der Waals surface area (Å²) in [6, 6.07) is 6.35. The van der Waals surface area contributed by atoms with E-state index in [-0.39, 0.29) is 5.91 Å². The third kappa shape index (κ3) is 2.84. The van der Waals surface area contributed by atoms with E-state index in [0.717, 1.165) is 5.56 Å². The third-order valence-corrected chi connectivity index (χ3v) is 2.99. The van der Waals surface area contributed by atoms with Gasteiger partial charge in [-0.05, 0) is 24.6 Å². The van der Waals surface area contributed by atoms with Crippen molar-refractivity contribution in [1.29, 1.82) is 5.26 Å². The molecule has 0 aliphatic heterocycles. The number of hydrogen-bond donors (Lipinski definition) is 2. The Labute approximate surface area is 116 Å². The first kappa shape index (κ1) is 13.8. The lowest BCUT2D eigenvalue weighted by atomic mass is 10.1. The molecule has 1 aromatic heterocycles. The van der Waals surface area contributed by atoms with Gasteiger partial charge in [-0.15, -0.1) is 0 Å². The molecule has 20 heavy (non-hydrogen) atoms. The molecule has 0 fully saturated rings. The molecule has 0 saturated heterocycles. The second-order valence-electron chi connectivity index (χ2n) is 4.56. The molecule has 2 rings (SSSR count). The van der Waals surface area contributed by atoms with Crippen LogP contribution in [0.15, 0.2) is 30.6 Å². The number of amides is 1. The fraction of sp³-hybridized carbons (Fsp3) is 0.214. The van der Waals surface area contributed by atoms with Gasteiger partial charge in [0.15, 0.2) is 0 Å². The molecule has 0 aliphatic rings. The number of carbonyl (C=O) groups excluding carboxylic acids is 1. The van der Waals surface area contributed by atoms with Gasteiger partial charge >= 0.3 is 0 Å². The highest BCUT2D eigenvalue weighted by atomic mass is 16.2. The van der Waals surface area contributed by atoms with Crippen LogP contribution in [-0.2, 0) is 11.8 Å². The van der Waals surface area contributed by atoms with Crippen LogP contribution in [0, 0.1) is 18.3 Å². The molecule has 0 radical (unpaired) electrons. The summed E-state index contributed by atoms with van der Waals surface area (Å²) in [7, 11) is 1.76. The second kappa shape index (κ2) is 5.55. The number of rotatable bonds is 3. The van der Waals surface area contributed by atoms with Gasteiger partial charge in [0, 0.05) is 24.5 Å². The van der Waals surface area contributed by atoms with E-state index in [0.29, 0.717) is 16.8 Å². The summed E-state index contributed by atoms with van der Waals surface area (Å²) in [4.78, 5) is 12.1. The van der Waals surface area contributed by atoms with Crippen LogP contribution in [0.3, 0.4) is 0 Å². The van der Waals surface area contributed by atoms with Crippen LogP contribution < -0.4 is 11.1 Å². The van der Waals surface area contributed by atoms with Crippen LogP contribution in [-0.4, -0.2) is 15.7 Å². The van der Waals surface area contributed by atoms with Gasteiger partial charge in [0.05, 0.1) is 17.8 Å². The summed E-state index contributed by atoms with van der Waals surface area (Å²) in [5, 5.41) is 15.6. The summed E-state index contributed by atoms with van der Waals surface area (Å²) < 4.78 is 1.59. The topological polar surface area (TPSA) is 96.7 Å². The molecule has 102 valence electrons. The molecule has 1 atom stereocenters. The number of carbonyl (C=O) groups is 1. The minimum Gasteiger partial charge on any atom is -0.324 e. The van der Waals surface area contributed by atoms with Gasteiger partial charge in [0.25, 0.3) is 0 Å². The molecule has 6 nitrogen and oxygen atoms in total. The van der Waals surface area contributed by atoms with E-state index in [2.05, 4.69) is 10.4 Å². The maximum atomic E-state index is 12.1. The zero-order valence-electron chi connectivity index (χ0n) is 11.3. The van der Waals surface area contributed by atoms with Crippen molar-refractivity contribution in [2.45, 2.75) is 13.0 Å². The van der Waals surface area contributed by atoms with Crippen LogP contribution in [0.2, 0.25) is 0 Å². The zero-order chi connectivity index (χ0) is 14.7. The summed E-state index contributed by atoms with van der Waals surface area (Å²) >= 11 is 0. The molecule has 3 N–H and O–H groups in total. The van der Waals surface area contributed by atoms with Gasteiger partial charge in [-0.3, -0.25) is 9.48 Å². The van der Waals surface area contributed by atoms with Crippen LogP contribution >= 0.6 is 0 Å². The maximum Gasteiger partial charge on any atom is 0.246 e. The molecule has 0 bridgehead atoms. The molecule has 0 saturated carbocycles. The normalized spacial score (nSPS) is 11.7. The van der Waals surface area contributed by atoms with Crippen molar-refractivity contribution in [3.8, 4) is 6.07 Å². The van der Waals surface area contributed by atoms with E-state index < -0.39 is 6.04 Å². The Hall–Kier alpha value is -2.65. The number of benzene rings is 1. The van der Waals surface area contributed by atoms with Crippen molar-refractivity contribution in [3.63, 3.8) is 0 Å². The Morgan fingerprint density at radius 3 is 2.90 bits per heavy atom. The second-order valence-corrected chi connectivity index (χ2v) is 4.56. The summed E-state index contributed by atoms with van der Waals surface area (Å²) in [6.45, 7) is 1.85. The van der Waals surface area contributed by atoms with E-state index >= 15 is 0 Å². The number of aromatic nitrogens is 2. The number of nitriles is 1. The highest BCUT2D eigenvalue weighted by Crippen LogP contribution is 2.18. The van der Waals surface area contributed by atoms with Gasteiger partial charge in [-0.1, -0.05) is 6.07 Å². The Bertz CT molecular complexity index is 683. The van der Waals surface area contributed by atoms with Crippen molar-refractivity contribution < 1.29 is 4.79 Å². The van der Waals surface area contributed by atoms with Gasteiger partial charge in [0.1, 0.15) is 6.04 Å². The lowest BCUT2D eigenvalue weighted by Gasteiger charge is -2.12. The molecule has 1 heterocycles. The fourth-order valence-electron chi connectivity index (χ4n) is 1.79. The van der Waals surface area contributed by atoms with Gasteiger partial charge in [-0.25, -0.2) is 0 Å². The Morgan fingerprint density at radius 1 is 1.55 bits per heavy atom. The summed E-state index contributed by atoms with van der Waals surface area (Å²) in [6.07, 6.45) is 3.26. The highest BCUT2D eigenvalue weighted by molar-refractivity contribution is 5.96. The van der Waals surface area contributed by atoms with Gasteiger partial charge in [-0.2, -0.15) is 10.4 Å².